The summed E-state index contributed by atoms with van der Waals surface area (Å²) in [5.41, 5.74) is 2.78. The number of ether oxygens (including phenoxy) is 1. The summed E-state index contributed by atoms with van der Waals surface area (Å²) >= 11 is 0. The van der Waals surface area contributed by atoms with Gasteiger partial charge in [0.05, 0.1) is 11.9 Å². The topological polar surface area (TPSA) is 73.4 Å². The maximum absolute atomic E-state index is 12.7. The molecule has 0 aliphatic carbocycles. The number of oxazole rings is 1. The fourth-order valence-electron chi connectivity index (χ4n) is 3.95. The summed E-state index contributed by atoms with van der Waals surface area (Å²) in [6.07, 6.45) is 7.68. The third-order valence-corrected chi connectivity index (χ3v) is 6.29. The molecule has 0 aliphatic heterocycles. The number of amides is 1. The van der Waals surface area contributed by atoms with Crippen LogP contribution in [0.15, 0.2) is 71.7 Å². The highest BCUT2D eigenvalue weighted by molar-refractivity contribution is 5.75. The highest BCUT2D eigenvalue weighted by Crippen LogP contribution is 2.29. The van der Waals surface area contributed by atoms with E-state index in [-0.39, 0.29) is 12.5 Å². The van der Waals surface area contributed by atoms with Crippen molar-refractivity contribution in [2.45, 2.75) is 45.0 Å². The lowest BCUT2D eigenvalue weighted by atomic mass is 10.1. The molecule has 10 heteroatoms. The van der Waals surface area contributed by atoms with E-state index in [4.69, 9.17) is 9.15 Å². The molecule has 0 saturated carbocycles. The number of nitrogens with zero attached hydrogens (tertiary/aromatic N) is 4. The summed E-state index contributed by atoms with van der Waals surface area (Å²) in [7, 11) is 3.49. The molecule has 210 valence electrons. The molecule has 0 unspecified atom stereocenters. The summed E-state index contributed by atoms with van der Waals surface area (Å²) in [5, 5.41) is 0. The van der Waals surface area contributed by atoms with E-state index in [1.165, 1.54) is 24.0 Å². The smallest absolute Gasteiger partial charge is 0.416 e. The number of imidazole rings is 1. The van der Waals surface area contributed by atoms with E-state index in [1.807, 2.05) is 35.0 Å². The summed E-state index contributed by atoms with van der Waals surface area (Å²) in [6.45, 7) is 0.528. The first-order valence-corrected chi connectivity index (χ1v) is 12.9. The second-order valence-electron chi connectivity index (χ2n) is 9.57. The number of benzene rings is 2. The van der Waals surface area contributed by atoms with Gasteiger partial charge in [0.1, 0.15) is 30.9 Å². The monoisotopic (exact) mass is 552 g/mol. The first-order chi connectivity index (χ1) is 19.2. The van der Waals surface area contributed by atoms with Crippen molar-refractivity contribution in [1.82, 2.24) is 19.4 Å². The molecule has 7 nitrogen and oxygen atoms in total. The van der Waals surface area contributed by atoms with Crippen molar-refractivity contribution in [2.24, 2.45) is 0 Å². The van der Waals surface area contributed by atoms with Gasteiger partial charge < -0.3 is 18.6 Å². The van der Waals surface area contributed by atoms with Crippen molar-refractivity contribution in [1.29, 1.82) is 0 Å². The first-order valence-electron chi connectivity index (χ1n) is 12.9. The van der Waals surface area contributed by atoms with E-state index in [1.54, 1.807) is 37.5 Å². The van der Waals surface area contributed by atoms with E-state index in [2.05, 4.69) is 9.97 Å². The Labute approximate surface area is 230 Å². The van der Waals surface area contributed by atoms with Crippen LogP contribution >= 0.6 is 0 Å². The Morgan fingerprint density at radius 2 is 1.75 bits per heavy atom. The fraction of sp³-hybridized carbons (Fsp3) is 0.300. The summed E-state index contributed by atoms with van der Waals surface area (Å²) in [6, 6.07) is 12.8. The van der Waals surface area contributed by atoms with Crippen LogP contribution in [0.25, 0.3) is 12.2 Å². The van der Waals surface area contributed by atoms with E-state index >= 15 is 0 Å². The van der Waals surface area contributed by atoms with Gasteiger partial charge in [-0.15, -0.1) is 0 Å². The van der Waals surface area contributed by atoms with Gasteiger partial charge in [0, 0.05) is 32.1 Å². The van der Waals surface area contributed by atoms with Crippen LogP contribution in [0.1, 0.15) is 46.8 Å². The number of unbranched alkanes of at least 4 members (excludes halogenated alkanes) is 1. The quantitative estimate of drug-likeness (QED) is 0.193. The number of halogens is 3. The Kier molecular flexibility index (Phi) is 9.42. The zero-order valence-corrected chi connectivity index (χ0v) is 22.4. The minimum Gasteiger partial charge on any atom is -0.487 e. The number of aromatic nitrogens is 3. The van der Waals surface area contributed by atoms with Crippen LogP contribution in [-0.4, -0.2) is 39.4 Å². The Bertz CT molecular complexity index is 1410. The average molecular weight is 553 g/mol. The van der Waals surface area contributed by atoms with Gasteiger partial charge in [-0.3, -0.25) is 4.79 Å². The Morgan fingerprint density at radius 1 is 1.02 bits per heavy atom. The minimum atomic E-state index is -4.36. The molecular formula is C30H31F3N4O3. The molecule has 0 aliphatic rings. The van der Waals surface area contributed by atoms with Crippen LogP contribution in [0.4, 0.5) is 13.2 Å². The van der Waals surface area contributed by atoms with Crippen LogP contribution in [0.5, 0.6) is 5.75 Å². The van der Waals surface area contributed by atoms with Crippen LogP contribution in [0.3, 0.4) is 0 Å². The van der Waals surface area contributed by atoms with E-state index in [0.717, 1.165) is 43.5 Å². The Balaban J connectivity index is 1.19. The van der Waals surface area contributed by atoms with Gasteiger partial charge in [-0.2, -0.15) is 13.2 Å². The zero-order valence-electron chi connectivity index (χ0n) is 22.4. The van der Waals surface area contributed by atoms with Crippen molar-refractivity contribution in [3.05, 3.63) is 101 Å². The maximum atomic E-state index is 12.7. The lowest BCUT2D eigenvalue weighted by Gasteiger charge is -2.12. The molecule has 0 fully saturated rings. The van der Waals surface area contributed by atoms with E-state index in [9.17, 15) is 18.0 Å². The number of carbonyl (C=O) groups excluding carboxylic acids is 1. The van der Waals surface area contributed by atoms with Crippen molar-refractivity contribution in [3.8, 4) is 5.75 Å². The number of alkyl halides is 3. The lowest BCUT2D eigenvalue weighted by Crippen LogP contribution is -2.26. The lowest BCUT2D eigenvalue weighted by molar-refractivity contribution is -0.137. The molecule has 0 N–H and O–H groups in total. The van der Waals surface area contributed by atoms with Crippen LogP contribution in [0, 0.1) is 0 Å². The molecule has 0 bridgehead atoms. The van der Waals surface area contributed by atoms with Gasteiger partial charge in [-0.25, -0.2) is 9.97 Å². The number of likely N-dealkylation sites (N-methyl/N-ethyl adjacent to an activating group) is 1. The van der Waals surface area contributed by atoms with Crippen molar-refractivity contribution in [3.63, 3.8) is 0 Å². The summed E-state index contributed by atoms with van der Waals surface area (Å²) in [4.78, 5) is 22.1. The van der Waals surface area contributed by atoms with Crippen molar-refractivity contribution in [2.75, 3.05) is 14.1 Å². The molecule has 0 spiro atoms. The third kappa shape index (κ3) is 8.33. The van der Waals surface area contributed by atoms with Crippen LogP contribution < -0.4 is 4.74 Å². The summed E-state index contributed by atoms with van der Waals surface area (Å²) in [5.74, 6) is 1.09. The van der Waals surface area contributed by atoms with E-state index in [0.29, 0.717) is 29.4 Å². The highest BCUT2D eigenvalue weighted by atomic mass is 19.4. The molecule has 2 heterocycles. The molecule has 40 heavy (non-hydrogen) atoms. The number of rotatable bonds is 12. The molecule has 0 atom stereocenters. The standard InChI is InChI=1S/C30H31F3N4O3/c1-36(2)29(38)18-37-21-34-17-26(37)6-4-3-5-22-9-14-27(15-10-22)39-19-25-20-40-28(35-25)16-11-23-7-12-24(13-8-23)30(31,32)33/h7-17,20-21H,3-6,18-19H2,1-2H3/b16-11+. The van der Waals surface area contributed by atoms with Gasteiger partial charge in [-0.1, -0.05) is 24.3 Å². The third-order valence-electron chi connectivity index (χ3n) is 6.29. The molecule has 2 aromatic heterocycles. The molecule has 0 radical (unpaired) electrons. The zero-order chi connectivity index (χ0) is 28.5. The second-order valence-corrected chi connectivity index (χ2v) is 9.57. The van der Waals surface area contributed by atoms with Crippen LogP contribution in [-0.2, 0) is 37.0 Å². The fourth-order valence-corrected chi connectivity index (χ4v) is 3.95. The van der Waals surface area contributed by atoms with Gasteiger partial charge in [-0.05, 0) is 67.2 Å². The normalized spacial score (nSPS) is 11.7. The van der Waals surface area contributed by atoms with Crippen molar-refractivity contribution >= 4 is 18.1 Å². The second kappa shape index (κ2) is 13.1. The Hall–Kier alpha value is -4.34. The largest absolute Gasteiger partial charge is 0.487 e. The molecule has 4 aromatic rings. The predicted octanol–water partition coefficient (Wildman–Crippen LogP) is 6.29. The summed E-state index contributed by atoms with van der Waals surface area (Å²) < 4.78 is 51.2. The SMILES string of the molecule is CN(C)C(=O)Cn1cncc1CCCCc1ccc(OCc2coc(/C=C/c3ccc(C(F)(F)F)cc3)n2)cc1. The number of hydrogen-bond acceptors (Lipinski definition) is 5. The molecule has 1 amide bonds. The number of aryl methyl sites for hydroxylation is 2. The Morgan fingerprint density at radius 3 is 2.45 bits per heavy atom. The molecular weight excluding hydrogens is 521 g/mol. The minimum absolute atomic E-state index is 0.0408. The highest BCUT2D eigenvalue weighted by Gasteiger charge is 2.29. The predicted molar refractivity (Wildman–Crippen MR) is 145 cm³/mol. The van der Waals surface area contributed by atoms with Gasteiger partial charge in [0.15, 0.2) is 0 Å². The maximum Gasteiger partial charge on any atom is 0.416 e. The number of hydrogen-bond donors (Lipinski definition) is 0. The average Bonchev–Trinajstić information content (AvgIpc) is 3.58. The van der Waals surface area contributed by atoms with Gasteiger partial charge in [0.25, 0.3) is 0 Å². The van der Waals surface area contributed by atoms with Gasteiger partial charge in [0.2, 0.25) is 11.8 Å². The molecule has 4 rings (SSSR count). The van der Waals surface area contributed by atoms with Crippen molar-refractivity contribution < 1.29 is 27.1 Å². The number of carbonyl (C=O) groups is 1. The van der Waals surface area contributed by atoms with Gasteiger partial charge >= 0.3 is 6.18 Å². The first kappa shape index (κ1) is 28.7. The molecule has 0 saturated heterocycles. The molecule has 2 aromatic carbocycles. The van der Waals surface area contributed by atoms with Crippen LogP contribution in [0.2, 0.25) is 0 Å². The van der Waals surface area contributed by atoms with E-state index < -0.39 is 11.7 Å².